The highest BCUT2D eigenvalue weighted by atomic mass is 79.9. The monoisotopic (exact) mass is 331 g/mol. The van der Waals surface area contributed by atoms with E-state index < -0.39 is 23.2 Å². The minimum atomic E-state index is -1.32. The summed E-state index contributed by atoms with van der Waals surface area (Å²) in [5, 5.41) is 11.7. The van der Waals surface area contributed by atoms with Crippen molar-refractivity contribution in [3.63, 3.8) is 0 Å². The number of nitrogens with one attached hydrogen (secondary N) is 1. The van der Waals surface area contributed by atoms with Crippen molar-refractivity contribution in [1.82, 2.24) is 5.32 Å². The molecule has 0 bridgehead atoms. The first-order valence-corrected chi connectivity index (χ1v) is 6.66. The molecule has 4 nitrogen and oxygen atoms in total. The van der Waals surface area contributed by atoms with Crippen LogP contribution in [0.15, 0.2) is 22.7 Å². The number of hydrogen-bond donors (Lipinski definition) is 2. The molecule has 1 amide bonds. The Bertz CT molecular complexity index is 480. The van der Waals surface area contributed by atoms with Gasteiger partial charge in [0.05, 0.1) is 0 Å². The van der Waals surface area contributed by atoms with E-state index in [1.54, 1.807) is 13.8 Å². The number of aliphatic carboxylic acids is 1. The Labute approximate surface area is 119 Å². The van der Waals surface area contributed by atoms with Crippen LogP contribution in [0.2, 0.25) is 0 Å². The summed E-state index contributed by atoms with van der Waals surface area (Å²) in [6.45, 7) is 3.36. The number of benzene rings is 1. The molecule has 1 rings (SSSR count). The van der Waals surface area contributed by atoms with Gasteiger partial charge in [0.2, 0.25) is 0 Å². The summed E-state index contributed by atoms with van der Waals surface area (Å²) in [7, 11) is 0. The zero-order valence-corrected chi connectivity index (χ0v) is 12.3. The van der Waals surface area contributed by atoms with Gasteiger partial charge >= 0.3 is 5.97 Å². The van der Waals surface area contributed by atoms with Gasteiger partial charge in [-0.25, -0.2) is 9.18 Å². The molecule has 0 heterocycles. The van der Waals surface area contributed by atoms with Crippen molar-refractivity contribution in [3.8, 4) is 0 Å². The van der Waals surface area contributed by atoms with Crippen LogP contribution in [-0.2, 0) is 4.79 Å². The molecule has 0 fully saturated rings. The molecule has 0 saturated carbocycles. The molecule has 0 aliphatic rings. The fraction of sp³-hybridized carbons (Fsp3) is 0.385. The maximum Gasteiger partial charge on any atom is 0.329 e. The first-order chi connectivity index (χ1) is 8.84. The molecule has 0 aromatic heterocycles. The summed E-state index contributed by atoms with van der Waals surface area (Å²) < 4.78 is 13.6. The van der Waals surface area contributed by atoms with Crippen LogP contribution in [0.3, 0.4) is 0 Å². The van der Waals surface area contributed by atoms with Gasteiger partial charge in [0.25, 0.3) is 5.91 Å². The lowest BCUT2D eigenvalue weighted by Gasteiger charge is -2.28. The molecule has 0 aliphatic heterocycles. The number of amides is 1. The molecule has 0 aliphatic carbocycles. The minimum absolute atomic E-state index is 0.0828. The van der Waals surface area contributed by atoms with E-state index in [4.69, 9.17) is 0 Å². The summed E-state index contributed by atoms with van der Waals surface area (Å²) in [6, 6.07) is 3.73. The number of carbonyl (C=O) groups is 2. The molecule has 0 unspecified atom stereocenters. The first-order valence-electron chi connectivity index (χ1n) is 5.86. The van der Waals surface area contributed by atoms with Crippen LogP contribution < -0.4 is 5.32 Å². The molecular formula is C13H15BrFNO3. The second-order valence-electron chi connectivity index (χ2n) is 4.21. The predicted molar refractivity (Wildman–Crippen MR) is 72.5 cm³/mol. The van der Waals surface area contributed by atoms with Gasteiger partial charge in [-0.2, -0.15) is 0 Å². The lowest BCUT2D eigenvalue weighted by atomic mass is 9.92. The van der Waals surface area contributed by atoms with Crippen LogP contribution in [0, 0.1) is 5.82 Å². The third-order valence-electron chi connectivity index (χ3n) is 3.09. The van der Waals surface area contributed by atoms with E-state index in [1.165, 1.54) is 12.1 Å². The van der Waals surface area contributed by atoms with Crippen LogP contribution >= 0.6 is 15.9 Å². The van der Waals surface area contributed by atoms with Gasteiger partial charge in [-0.3, -0.25) is 4.79 Å². The van der Waals surface area contributed by atoms with Gasteiger partial charge in [-0.15, -0.1) is 0 Å². The van der Waals surface area contributed by atoms with Crippen LogP contribution in [0.25, 0.3) is 0 Å². The third-order valence-corrected chi connectivity index (χ3v) is 3.55. The van der Waals surface area contributed by atoms with Crippen molar-refractivity contribution in [2.45, 2.75) is 32.2 Å². The van der Waals surface area contributed by atoms with Gasteiger partial charge < -0.3 is 10.4 Å². The van der Waals surface area contributed by atoms with Crippen LogP contribution in [-0.4, -0.2) is 22.5 Å². The van der Waals surface area contributed by atoms with Crippen molar-refractivity contribution in [3.05, 3.63) is 34.1 Å². The Kier molecular flexibility index (Phi) is 5.05. The highest BCUT2D eigenvalue weighted by Gasteiger charge is 2.36. The van der Waals surface area contributed by atoms with Gasteiger partial charge in [0.15, 0.2) is 0 Å². The number of carbonyl (C=O) groups excluding carboxylic acids is 1. The van der Waals surface area contributed by atoms with E-state index in [2.05, 4.69) is 21.2 Å². The van der Waals surface area contributed by atoms with E-state index in [0.717, 1.165) is 6.07 Å². The predicted octanol–water partition coefficient (Wildman–Crippen LogP) is 2.96. The zero-order valence-electron chi connectivity index (χ0n) is 10.7. The van der Waals surface area contributed by atoms with E-state index in [1.807, 2.05) is 0 Å². The van der Waals surface area contributed by atoms with Crippen molar-refractivity contribution in [2.75, 3.05) is 0 Å². The largest absolute Gasteiger partial charge is 0.480 e. The first kappa shape index (κ1) is 15.6. The number of halogens is 2. The minimum Gasteiger partial charge on any atom is -0.480 e. The standard InChI is InChI=1S/C13H15BrFNO3/c1-3-13(4-2,12(18)19)16-11(17)8-5-9(14)7-10(15)6-8/h5-7H,3-4H2,1-2H3,(H,16,17)(H,18,19). The lowest BCUT2D eigenvalue weighted by Crippen LogP contribution is -2.53. The fourth-order valence-corrected chi connectivity index (χ4v) is 2.22. The Morgan fingerprint density at radius 1 is 1.32 bits per heavy atom. The number of rotatable bonds is 5. The molecule has 0 saturated heterocycles. The third kappa shape index (κ3) is 3.53. The molecule has 0 radical (unpaired) electrons. The van der Waals surface area contributed by atoms with Crippen LogP contribution in [0.4, 0.5) is 4.39 Å². The van der Waals surface area contributed by atoms with E-state index in [0.29, 0.717) is 4.47 Å². The Morgan fingerprint density at radius 2 is 1.89 bits per heavy atom. The molecule has 6 heteroatoms. The smallest absolute Gasteiger partial charge is 0.329 e. The molecular weight excluding hydrogens is 317 g/mol. The Hall–Kier alpha value is -1.43. The molecule has 0 spiro atoms. The van der Waals surface area contributed by atoms with Crippen molar-refractivity contribution < 1.29 is 19.1 Å². The van der Waals surface area contributed by atoms with Crippen LogP contribution in [0.1, 0.15) is 37.0 Å². The number of carboxylic acid groups (broad SMARTS) is 1. The summed E-state index contributed by atoms with van der Waals surface area (Å²) in [5.41, 5.74) is -1.24. The summed E-state index contributed by atoms with van der Waals surface area (Å²) in [5.74, 6) is -2.26. The Balaban J connectivity index is 3.03. The van der Waals surface area contributed by atoms with Gasteiger partial charge in [-0.05, 0) is 31.0 Å². The van der Waals surface area contributed by atoms with Crippen molar-refractivity contribution in [1.29, 1.82) is 0 Å². The summed E-state index contributed by atoms with van der Waals surface area (Å²) in [6.07, 6.45) is 0.502. The van der Waals surface area contributed by atoms with E-state index in [9.17, 15) is 19.1 Å². The number of hydrogen-bond acceptors (Lipinski definition) is 2. The van der Waals surface area contributed by atoms with Gasteiger partial charge in [-0.1, -0.05) is 29.8 Å². The number of carboxylic acids is 1. The molecule has 0 atom stereocenters. The van der Waals surface area contributed by atoms with Crippen molar-refractivity contribution >= 4 is 27.8 Å². The normalized spacial score (nSPS) is 11.2. The van der Waals surface area contributed by atoms with Gasteiger partial charge in [0, 0.05) is 10.0 Å². The average molecular weight is 332 g/mol. The zero-order chi connectivity index (χ0) is 14.6. The van der Waals surface area contributed by atoms with Crippen molar-refractivity contribution in [2.24, 2.45) is 0 Å². The molecule has 1 aromatic carbocycles. The van der Waals surface area contributed by atoms with E-state index >= 15 is 0 Å². The molecule has 1 aromatic rings. The van der Waals surface area contributed by atoms with E-state index in [-0.39, 0.29) is 18.4 Å². The maximum atomic E-state index is 13.2. The topological polar surface area (TPSA) is 66.4 Å². The summed E-state index contributed by atoms with van der Waals surface area (Å²) >= 11 is 3.09. The highest BCUT2D eigenvalue weighted by molar-refractivity contribution is 9.10. The summed E-state index contributed by atoms with van der Waals surface area (Å²) in [4.78, 5) is 23.3. The van der Waals surface area contributed by atoms with Crippen LogP contribution in [0.5, 0.6) is 0 Å². The SMILES string of the molecule is CCC(CC)(NC(=O)c1cc(F)cc(Br)c1)C(=O)O. The second kappa shape index (κ2) is 6.14. The van der Waals surface area contributed by atoms with Gasteiger partial charge in [0.1, 0.15) is 11.4 Å². The maximum absolute atomic E-state index is 13.2. The quantitative estimate of drug-likeness (QED) is 0.871. The Morgan fingerprint density at radius 3 is 2.32 bits per heavy atom. The fourth-order valence-electron chi connectivity index (χ4n) is 1.76. The molecule has 2 N–H and O–H groups in total. The second-order valence-corrected chi connectivity index (χ2v) is 5.12. The molecule has 19 heavy (non-hydrogen) atoms. The highest BCUT2D eigenvalue weighted by Crippen LogP contribution is 2.19. The molecule has 104 valence electrons. The lowest BCUT2D eigenvalue weighted by molar-refractivity contribution is -0.144. The average Bonchev–Trinajstić information content (AvgIpc) is 2.34.